The van der Waals surface area contributed by atoms with Crippen LogP contribution in [0.5, 0.6) is 5.88 Å². The van der Waals surface area contributed by atoms with Crippen LogP contribution in [0.3, 0.4) is 0 Å². The Labute approximate surface area is 198 Å². The molecule has 1 amide bonds. The number of aromatic nitrogens is 5. The minimum absolute atomic E-state index is 0.206. The lowest BCUT2D eigenvalue weighted by molar-refractivity contribution is 0.102. The summed E-state index contributed by atoms with van der Waals surface area (Å²) < 4.78 is 10.4. The second kappa shape index (κ2) is 8.27. The molecule has 6 rings (SSSR count). The van der Waals surface area contributed by atoms with Gasteiger partial charge in [-0.3, -0.25) is 15.1 Å². The second-order valence-electron chi connectivity index (χ2n) is 9.51. The molecule has 1 aliphatic carbocycles. The summed E-state index contributed by atoms with van der Waals surface area (Å²) >= 11 is 0. The standard InChI is InChI=1S/C26H28N6O2/c1-16-6-5-11-34-25-20(14-27-32(25)19-9-10-19)22-13-18(12-17(2)28-22)24(33)30-26-29-21-7-3-4-8-23(21)31(26)15-16/h3-4,7-8,12-14,16,19H,5-6,9-11,15H2,1-2H3,(H,29,30,33)/t16-/m1/s1. The van der Waals surface area contributed by atoms with Gasteiger partial charge in [0.05, 0.1) is 41.1 Å². The quantitative estimate of drug-likeness (QED) is 0.436. The van der Waals surface area contributed by atoms with E-state index < -0.39 is 0 Å². The maximum Gasteiger partial charge on any atom is 0.258 e. The van der Waals surface area contributed by atoms with Gasteiger partial charge in [-0.1, -0.05) is 19.1 Å². The van der Waals surface area contributed by atoms with Crippen molar-refractivity contribution in [1.82, 2.24) is 24.3 Å². The van der Waals surface area contributed by atoms with E-state index in [0.29, 0.717) is 35.8 Å². The molecule has 0 saturated heterocycles. The lowest BCUT2D eigenvalue weighted by Crippen LogP contribution is -2.18. The number of hydrogen-bond acceptors (Lipinski definition) is 5. The van der Waals surface area contributed by atoms with Crippen LogP contribution in [0.25, 0.3) is 22.3 Å². The minimum atomic E-state index is -0.206. The van der Waals surface area contributed by atoms with Crippen molar-refractivity contribution in [3.63, 3.8) is 0 Å². The average molecular weight is 457 g/mol. The van der Waals surface area contributed by atoms with Gasteiger partial charge in [0, 0.05) is 17.8 Å². The van der Waals surface area contributed by atoms with Crippen molar-refractivity contribution in [2.75, 3.05) is 11.9 Å². The number of nitrogens with one attached hydrogen (secondary N) is 1. The Bertz CT molecular complexity index is 1380. The molecule has 1 N–H and O–H groups in total. The number of carbonyl (C=O) groups excluding carboxylic acids is 1. The van der Waals surface area contributed by atoms with Crippen LogP contribution in [0.15, 0.2) is 42.6 Å². The zero-order valence-corrected chi connectivity index (χ0v) is 19.5. The SMILES string of the molecule is Cc1cc2cc(n1)-c1cnn(C3CC3)c1OCCC[C@@H](C)Cn1c(nc3ccccc31)NC2=O. The van der Waals surface area contributed by atoms with Crippen molar-refractivity contribution in [2.24, 2.45) is 5.92 Å². The number of imidazole rings is 1. The number of nitrogens with zero attached hydrogens (tertiary/aromatic N) is 5. The van der Waals surface area contributed by atoms with Gasteiger partial charge in [0.2, 0.25) is 11.8 Å². The lowest BCUT2D eigenvalue weighted by Gasteiger charge is -2.16. The van der Waals surface area contributed by atoms with E-state index in [4.69, 9.17) is 14.7 Å². The molecule has 1 aromatic carbocycles. The van der Waals surface area contributed by atoms with Gasteiger partial charge < -0.3 is 9.30 Å². The Morgan fingerprint density at radius 1 is 1.12 bits per heavy atom. The summed E-state index contributed by atoms with van der Waals surface area (Å²) in [6.45, 7) is 5.51. The fraction of sp³-hybridized carbons (Fsp3) is 0.385. The molecule has 1 aliphatic heterocycles. The zero-order valence-electron chi connectivity index (χ0n) is 19.5. The Morgan fingerprint density at radius 2 is 1.97 bits per heavy atom. The van der Waals surface area contributed by atoms with E-state index in [1.54, 1.807) is 6.07 Å². The predicted octanol–water partition coefficient (Wildman–Crippen LogP) is 5.00. The highest BCUT2D eigenvalue weighted by Gasteiger charge is 2.30. The number of pyridine rings is 1. The molecule has 1 fully saturated rings. The molecule has 34 heavy (non-hydrogen) atoms. The van der Waals surface area contributed by atoms with Gasteiger partial charge >= 0.3 is 0 Å². The fourth-order valence-corrected chi connectivity index (χ4v) is 4.72. The molecule has 0 unspecified atom stereocenters. The van der Waals surface area contributed by atoms with Crippen molar-refractivity contribution in [3.05, 3.63) is 53.9 Å². The van der Waals surface area contributed by atoms with Crippen LogP contribution in [0, 0.1) is 12.8 Å². The summed E-state index contributed by atoms with van der Waals surface area (Å²) in [6, 6.07) is 12.0. The van der Waals surface area contributed by atoms with Gasteiger partial charge in [0.1, 0.15) is 0 Å². The molecule has 8 nitrogen and oxygen atoms in total. The first-order chi connectivity index (χ1) is 16.6. The van der Waals surface area contributed by atoms with Crippen molar-refractivity contribution in [1.29, 1.82) is 0 Å². The maximum atomic E-state index is 13.4. The third-order valence-electron chi connectivity index (χ3n) is 6.59. The van der Waals surface area contributed by atoms with Crippen LogP contribution in [0.4, 0.5) is 5.95 Å². The van der Waals surface area contributed by atoms with Gasteiger partial charge in [0.15, 0.2) is 0 Å². The maximum absolute atomic E-state index is 13.4. The number of ether oxygens (including phenoxy) is 1. The molecule has 1 saturated carbocycles. The predicted molar refractivity (Wildman–Crippen MR) is 130 cm³/mol. The summed E-state index contributed by atoms with van der Waals surface area (Å²) in [4.78, 5) is 22.8. The average Bonchev–Trinajstić information content (AvgIpc) is 3.49. The van der Waals surface area contributed by atoms with Crippen molar-refractivity contribution >= 4 is 22.9 Å². The molecular formula is C26H28N6O2. The summed E-state index contributed by atoms with van der Waals surface area (Å²) in [5.41, 5.74) is 4.73. The third kappa shape index (κ3) is 3.83. The number of rotatable bonds is 1. The third-order valence-corrected chi connectivity index (χ3v) is 6.59. The van der Waals surface area contributed by atoms with Gasteiger partial charge in [0.25, 0.3) is 5.91 Å². The van der Waals surface area contributed by atoms with Crippen molar-refractivity contribution in [3.8, 4) is 17.1 Å². The molecule has 3 aromatic heterocycles. The number of carbonyl (C=O) groups is 1. The summed E-state index contributed by atoms with van der Waals surface area (Å²) in [7, 11) is 0. The van der Waals surface area contributed by atoms with Crippen LogP contribution in [0.1, 0.15) is 54.7 Å². The van der Waals surface area contributed by atoms with Crippen molar-refractivity contribution < 1.29 is 9.53 Å². The van der Waals surface area contributed by atoms with Crippen LogP contribution < -0.4 is 10.1 Å². The van der Waals surface area contributed by atoms with E-state index in [1.165, 1.54) is 0 Å². The summed E-state index contributed by atoms with van der Waals surface area (Å²) in [6.07, 6.45) is 5.97. The Balaban J connectivity index is 1.45. The van der Waals surface area contributed by atoms with Crippen LogP contribution >= 0.6 is 0 Å². The number of fused-ring (bicyclic) bond motifs is 7. The number of amides is 1. The van der Waals surface area contributed by atoms with Gasteiger partial charge in [-0.15, -0.1) is 0 Å². The fourth-order valence-electron chi connectivity index (χ4n) is 4.72. The largest absolute Gasteiger partial charge is 0.477 e. The van der Waals surface area contributed by atoms with Crippen molar-refractivity contribution in [2.45, 2.75) is 52.1 Å². The number of hydrogen-bond donors (Lipinski definition) is 1. The first kappa shape index (κ1) is 20.9. The van der Waals surface area contributed by atoms with Gasteiger partial charge in [-0.05, 0) is 62.8 Å². The number of aryl methyl sites for hydroxylation is 1. The molecule has 4 heterocycles. The molecule has 8 heteroatoms. The molecule has 4 aromatic rings. The summed E-state index contributed by atoms with van der Waals surface area (Å²) in [5, 5.41) is 7.68. The van der Waals surface area contributed by atoms with E-state index in [1.807, 2.05) is 42.1 Å². The molecule has 2 aliphatic rings. The van der Waals surface area contributed by atoms with E-state index in [0.717, 1.165) is 60.4 Å². The lowest BCUT2D eigenvalue weighted by atomic mass is 10.1. The molecule has 174 valence electrons. The van der Waals surface area contributed by atoms with Gasteiger partial charge in [-0.25, -0.2) is 9.67 Å². The van der Waals surface area contributed by atoms with Gasteiger partial charge in [-0.2, -0.15) is 5.10 Å². The summed E-state index contributed by atoms with van der Waals surface area (Å²) in [5.74, 6) is 1.51. The number of benzene rings is 1. The van der Waals surface area contributed by atoms with E-state index in [2.05, 4.69) is 28.0 Å². The smallest absolute Gasteiger partial charge is 0.258 e. The normalized spacial score (nSPS) is 18.9. The van der Waals surface area contributed by atoms with Crippen LogP contribution in [-0.4, -0.2) is 36.8 Å². The highest BCUT2D eigenvalue weighted by atomic mass is 16.5. The topological polar surface area (TPSA) is 86.9 Å². The molecular weight excluding hydrogens is 428 g/mol. The highest BCUT2D eigenvalue weighted by molar-refractivity contribution is 6.04. The first-order valence-electron chi connectivity index (χ1n) is 12.0. The van der Waals surface area contributed by atoms with E-state index in [9.17, 15) is 4.79 Å². The molecule has 1 atom stereocenters. The Hall–Kier alpha value is -3.68. The van der Waals surface area contributed by atoms with Crippen LogP contribution in [0.2, 0.25) is 0 Å². The number of anilines is 1. The highest BCUT2D eigenvalue weighted by Crippen LogP contribution is 2.41. The molecule has 0 radical (unpaired) electrons. The van der Waals surface area contributed by atoms with E-state index >= 15 is 0 Å². The monoisotopic (exact) mass is 456 g/mol. The minimum Gasteiger partial charge on any atom is -0.477 e. The second-order valence-corrected chi connectivity index (χ2v) is 9.51. The molecule has 2 bridgehead atoms. The Morgan fingerprint density at radius 3 is 2.82 bits per heavy atom. The van der Waals surface area contributed by atoms with E-state index in [-0.39, 0.29) is 5.91 Å². The molecule has 0 spiro atoms. The number of para-hydroxylation sites is 2. The Kier molecular flexibility index (Phi) is 5.08. The van der Waals surface area contributed by atoms with Crippen LogP contribution in [-0.2, 0) is 6.54 Å². The first-order valence-corrected chi connectivity index (χ1v) is 12.0. The zero-order chi connectivity index (χ0) is 23.2.